The van der Waals surface area contributed by atoms with Gasteiger partial charge in [-0.2, -0.15) is 0 Å². The Labute approximate surface area is 97.8 Å². The highest BCUT2D eigenvalue weighted by atomic mass is 16.5. The van der Waals surface area contributed by atoms with Crippen LogP contribution in [0.1, 0.15) is 17.3 Å². The topological polar surface area (TPSA) is 95.9 Å². The second kappa shape index (κ2) is 5.20. The number of carboxylic acid groups (broad SMARTS) is 1. The molecule has 0 aromatic heterocycles. The number of carbonyl (C=O) groups is 2. The number of carbonyl (C=O) groups excluding carboxylic acids is 1. The van der Waals surface area contributed by atoms with Crippen LogP contribution in [0.3, 0.4) is 0 Å². The summed E-state index contributed by atoms with van der Waals surface area (Å²) in [7, 11) is 1.36. The number of aromatic hydroxyl groups is 1. The smallest absolute Gasteiger partial charge is 0.325 e. The van der Waals surface area contributed by atoms with Crippen LogP contribution in [0.25, 0.3) is 0 Å². The molecule has 0 unspecified atom stereocenters. The van der Waals surface area contributed by atoms with E-state index in [0.29, 0.717) is 0 Å². The fraction of sp³-hybridized carbons (Fsp3) is 0.273. The summed E-state index contributed by atoms with van der Waals surface area (Å²) in [5, 5.41) is 20.6. The highest BCUT2D eigenvalue weighted by Crippen LogP contribution is 2.29. The van der Waals surface area contributed by atoms with E-state index < -0.39 is 17.9 Å². The summed E-state index contributed by atoms with van der Waals surface area (Å²) in [5.41, 5.74) is -0.0301. The number of phenolic OH excluding ortho intramolecular Hbond substituents is 1. The van der Waals surface area contributed by atoms with Crippen LogP contribution >= 0.6 is 0 Å². The van der Waals surface area contributed by atoms with Crippen molar-refractivity contribution in [2.75, 3.05) is 7.11 Å². The van der Waals surface area contributed by atoms with Crippen LogP contribution in [-0.4, -0.2) is 35.2 Å². The van der Waals surface area contributed by atoms with Crippen LogP contribution < -0.4 is 10.1 Å². The maximum atomic E-state index is 11.7. The molecule has 17 heavy (non-hydrogen) atoms. The minimum absolute atomic E-state index is 0.0301. The molecule has 1 rings (SSSR count). The molecular weight excluding hydrogens is 226 g/mol. The third-order valence-corrected chi connectivity index (χ3v) is 2.18. The number of phenols is 1. The van der Waals surface area contributed by atoms with E-state index in [2.05, 4.69) is 5.32 Å². The number of methoxy groups -OCH3 is 1. The zero-order chi connectivity index (χ0) is 13.0. The average Bonchev–Trinajstić information content (AvgIpc) is 2.28. The predicted octanol–water partition coefficient (Wildman–Crippen LogP) is 0.604. The number of benzene rings is 1. The molecule has 0 aliphatic heterocycles. The van der Waals surface area contributed by atoms with Crippen LogP contribution in [0.4, 0.5) is 0 Å². The first-order chi connectivity index (χ1) is 7.97. The fourth-order valence-electron chi connectivity index (χ4n) is 1.21. The summed E-state index contributed by atoms with van der Waals surface area (Å²) in [6.07, 6.45) is 0. The first kappa shape index (κ1) is 12.8. The highest BCUT2D eigenvalue weighted by molar-refractivity contribution is 5.99. The van der Waals surface area contributed by atoms with Gasteiger partial charge in [-0.3, -0.25) is 9.59 Å². The number of nitrogens with one attached hydrogen (secondary N) is 1. The Balaban J connectivity index is 2.93. The van der Waals surface area contributed by atoms with E-state index in [9.17, 15) is 14.7 Å². The molecule has 3 N–H and O–H groups in total. The molecule has 0 spiro atoms. The number of hydrogen-bond acceptors (Lipinski definition) is 4. The Hall–Kier alpha value is -2.24. The Morgan fingerprint density at radius 3 is 2.59 bits per heavy atom. The number of hydrogen-bond donors (Lipinski definition) is 3. The van der Waals surface area contributed by atoms with Gasteiger partial charge in [0.15, 0.2) is 11.5 Å². The Kier molecular flexibility index (Phi) is 3.92. The van der Waals surface area contributed by atoms with E-state index in [1.54, 1.807) is 0 Å². The molecule has 1 aromatic rings. The summed E-state index contributed by atoms with van der Waals surface area (Å²) < 4.78 is 4.84. The number of ether oxygens (including phenoxy) is 1. The van der Waals surface area contributed by atoms with Gasteiger partial charge in [0.25, 0.3) is 5.91 Å². The zero-order valence-electron chi connectivity index (χ0n) is 9.43. The van der Waals surface area contributed by atoms with Gasteiger partial charge in [-0.05, 0) is 19.1 Å². The number of carboxylic acids is 1. The number of rotatable bonds is 4. The van der Waals surface area contributed by atoms with Crippen molar-refractivity contribution in [2.24, 2.45) is 0 Å². The van der Waals surface area contributed by atoms with Crippen molar-refractivity contribution >= 4 is 11.9 Å². The van der Waals surface area contributed by atoms with Crippen molar-refractivity contribution in [3.8, 4) is 11.5 Å². The molecule has 0 saturated heterocycles. The lowest BCUT2D eigenvalue weighted by Crippen LogP contribution is -2.38. The molecule has 0 aliphatic carbocycles. The largest absolute Gasteiger partial charge is 0.504 e. The fourth-order valence-corrected chi connectivity index (χ4v) is 1.21. The quantitative estimate of drug-likeness (QED) is 0.715. The van der Waals surface area contributed by atoms with Crippen molar-refractivity contribution in [3.63, 3.8) is 0 Å². The molecule has 0 fully saturated rings. The molecular formula is C11H13NO5. The average molecular weight is 239 g/mol. The number of aliphatic carboxylic acids is 1. The van der Waals surface area contributed by atoms with Gasteiger partial charge in [-0.15, -0.1) is 0 Å². The van der Waals surface area contributed by atoms with E-state index in [-0.39, 0.29) is 17.1 Å². The third kappa shape index (κ3) is 2.87. The Bertz CT molecular complexity index is 443. The van der Waals surface area contributed by atoms with E-state index in [0.717, 1.165) is 0 Å². The summed E-state index contributed by atoms with van der Waals surface area (Å²) in [5.74, 6) is -1.98. The lowest BCUT2D eigenvalue weighted by molar-refractivity contribution is -0.138. The van der Waals surface area contributed by atoms with Gasteiger partial charge in [-0.25, -0.2) is 0 Å². The van der Waals surface area contributed by atoms with Crippen molar-refractivity contribution in [1.29, 1.82) is 0 Å². The van der Waals surface area contributed by atoms with Gasteiger partial charge in [-0.1, -0.05) is 6.07 Å². The molecule has 6 nitrogen and oxygen atoms in total. The Morgan fingerprint density at radius 2 is 2.06 bits per heavy atom. The van der Waals surface area contributed by atoms with E-state index in [1.807, 2.05) is 0 Å². The van der Waals surface area contributed by atoms with Crippen LogP contribution in [0.15, 0.2) is 18.2 Å². The monoisotopic (exact) mass is 239 g/mol. The lowest BCUT2D eigenvalue weighted by atomic mass is 10.1. The summed E-state index contributed by atoms with van der Waals surface area (Å²) in [4.78, 5) is 22.2. The second-order valence-electron chi connectivity index (χ2n) is 3.39. The summed E-state index contributed by atoms with van der Waals surface area (Å²) in [6.45, 7) is 1.33. The van der Waals surface area contributed by atoms with Crippen molar-refractivity contribution in [1.82, 2.24) is 5.32 Å². The van der Waals surface area contributed by atoms with E-state index >= 15 is 0 Å². The first-order valence-corrected chi connectivity index (χ1v) is 4.87. The van der Waals surface area contributed by atoms with Gasteiger partial charge in [0.05, 0.1) is 12.7 Å². The molecule has 1 aromatic carbocycles. The molecule has 6 heteroatoms. The standard InChI is InChI=1S/C11H13NO5/c1-6(11(15)16)12-10(14)7-4-3-5-8(17-2)9(7)13/h3-6,13H,1-2H3,(H,12,14)(H,15,16)/t6-/m0/s1. The van der Waals surface area contributed by atoms with Gasteiger partial charge in [0.2, 0.25) is 0 Å². The second-order valence-corrected chi connectivity index (χ2v) is 3.39. The van der Waals surface area contributed by atoms with Crippen LogP contribution in [-0.2, 0) is 4.79 Å². The van der Waals surface area contributed by atoms with Gasteiger partial charge < -0.3 is 20.3 Å². The SMILES string of the molecule is COc1cccc(C(=O)N[C@@H](C)C(=O)O)c1O. The van der Waals surface area contributed by atoms with Crippen LogP contribution in [0.2, 0.25) is 0 Å². The van der Waals surface area contributed by atoms with Crippen molar-refractivity contribution in [3.05, 3.63) is 23.8 Å². The molecule has 1 amide bonds. The molecule has 0 heterocycles. The zero-order valence-corrected chi connectivity index (χ0v) is 9.43. The number of para-hydroxylation sites is 1. The molecule has 0 aliphatic rings. The maximum Gasteiger partial charge on any atom is 0.325 e. The van der Waals surface area contributed by atoms with Crippen molar-refractivity contribution < 1.29 is 24.5 Å². The predicted molar refractivity (Wildman–Crippen MR) is 59.2 cm³/mol. The van der Waals surface area contributed by atoms with Crippen molar-refractivity contribution in [2.45, 2.75) is 13.0 Å². The maximum absolute atomic E-state index is 11.7. The normalized spacial score (nSPS) is 11.6. The van der Waals surface area contributed by atoms with Gasteiger partial charge in [0.1, 0.15) is 6.04 Å². The minimum Gasteiger partial charge on any atom is -0.504 e. The van der Waals surface area contributed by atoms with Crippen LogP contribution in [0, 0.1) is 0 Å². The molecule has 0 bridgehead atoms. The van der Waals surface area contributed by atoms with Gasteiger partial charge in [0, 0.05) is 0 Å². The molecule has 1 atom stereocenters. The van der Waals surface area contributed by atoms with E-state index in [1.165, 1.54) is 32.2 Å². The summed E-state index contributed by atoms with van der Waals surface area (Å²) >= 11 is 0. The third-order valence-electron chi connectivity index (χ3n) is 2.18. The molecule has 92 valence electrons. The lowest BCUT2D eigenvalue weighted by Gasteiger charge is -2.11. The highest BCUT2D eigenvalue weighted by Gasteiger charge is 2.19. The first-order valence-electron chi connectivity index (χ1n) is 4.87. The Morgan fingerprint density at radius 1 is 1.41 bits per heavy atom. The van der Waals surface area contributed by atoms with E-state index in [4.69, 9.17) is 9.84 Å². The number of amides is 1. The molecule has 0 radical (unpaired) electrons. The van der Waals surface area contributed by atoms with Gasteiger partial charge >= 0.3 is 5.97 Å². The molecule has 0 saturated carbocycles. The minimum atomic E-state index is -1.15. The summed E-state index contributed by atoms with van der Waals surface area (Å²) in [6, 6.07) is 3.36. The van der Waals surface area contributed by atoms with Crippen LogP contribution in [0.5, 0.6) is 11.5 Å².